The van der Waals surface area contributed by atoms with E-state index in [9.17, 15) is 9.59 Å². The van der Waals surface area contributed by atoms with Crippen molar-refractivity contribution in [1.82, 2.24) is 9.72 Å². The fourth-order valence-electron chi connectivity index (χ4n) is 3.18. The molecular formula is C22H17ClN2O4. The second-order valence-corrected chi connectivity index (χ2v) is 6.75. The van der Waals surface area contributed by atoms with Crippen molar-refractivity contribution in [3.05, 3.63) is 83.5 Å². The first-order valence-electron chi connectivity index (χ1n) is 8.87. The molecule has 3 aromatic heterocycles. The summed E-state index contributed by atoms with van der Waals surface area (Å²) in [6, 6.07) is 16.1. The number of ketones is 1. The van der Waals surface area contributed by atoms with Gasteiger partial charge in [-0.2, -0.15) is 0 Å². The molecule has 146 valence electrons. The summed E-state index contributed by atoms with van der Waals surface area (Å²) in [6.07, 6.45) is 3.26. The molecule has 0 aliphatic rings. The minimum absolute atomic E-state index is 0.130. The van der Waals surface area contributed by atoms with Gasteiger partial charge < -0.3 is 18.9 Å². The molecule has 3 heterocycles. The van der Waals surface area contributed by atoms with E-state index >= 15 is 0 Å². The van der Waals surface area contributed by atoms with Gasteiger partial charge in [0.25, 0.3) is 11.7 Å². The Morgan fingerprint density at radius 3 is 2.72 bits per heavy atom. The number of ether oxygens (including phenoxy) is 1. The largest absolute Gasteiger partial charge is 0.495 e. The third-order valence-corrected chi connectivity index (χ3v) is 4.86. The normalized spacial score (nSPS) is 10.8. The summed E-state index contributed by atoms with van der Waals surface area (Å²) in [7, 11) is 1.53. The van der Waals surface area contributed by atoms with Crippen LogP contribution in [0.1, 0.15) is 16.2 Å². The molecule has 0 aliphatic carbocycles. The predicted molar refractivity (Wildman–Crippen MR) is 109 cm³/mol. The summed E-state index contributed by atoms with van der Waals surface area (Å²) in [5.41, 5.74) is 2.37. The molecule has 1 aromatic carbocycles. The summed E-state index contributed by atoms with van der Waals surface area (Å²) in [6.45, 7) is 0.130. The van der Waals surface area contributed by atoms with Crippen LogP contribution in [0.25, 0.3) is 16.6 Å². The Kier molecular flexibility index (Phi) is 5.10. The quantitative estimate of drug-likeness (QED) is 0.380. The van der Waals surface area contributed by atoms with Crippen LogP contribution >= 0.6 is 11.6 Å². The molecule has 0 atom stereocenters. The highest BCUT2D eigenvalue weighted by molar-refractivity contribution is 6.43. The molecule has 0 unspecified atom stereocenters. The molecule has 7 heteroatoms. The van der Waals surface area contributed by atoms with E-state index in [1.54, 1.807) is 47.0 Å². The molecule has 0 saturated heterocycles. The van der Waals surface area contributed by atoms with E-state index in [1.165, 1.54) is 13.4 Å². The molecule has 4 aromatic rings. The number of hydrogen-bond acceptors (Lipinski definition) is 4. The van der Waals surface area contributed by atoms with Crippen LogP contribution in [0.3, 0.4) is 0 Å². The first-order chi connectivity index (χ1) is 14.1. The van der Waals surface area contributed by atoms with Crippen molar-refractivity contribution in [2.75, 3.05) is 7.11 Å². The van der Waals surface area contributed by atoms with Crippen LogP contribution in [0.2, 0.25) is 5.02 Å². The highest BCUT2D eigenvalue weighted by atomic mass is 35.5. The van der Waals surface area contributed by atoms with Crippen molar-refractivity contribution in [2.24, 2.45) is 0 Å². The van der Waals surface area contributed by atoms with Crippen LogP contribution in [0, 0.1) is 0 Å². The number of hydrogen-bond donors (Lipinski definition) is 1. The average Bonchev–Trinajstić information content (AvgIpc) is 3.39. The number of Topliss-reactive ketones (excluding diaryl/α,β-unsaturated/α-hetero) is 1. The van der Waals surface area contributed by atoms with Gasteiger partial charge >= 0.3 is 0 Å². The Morgan fingerprint density at radius 2 is 2.00 bits per heavy atom. The summed E-state index contributed by atoms with van der Waals surface area (Å²) >= 11 is 6.27. The Balaban J connectivity index is 1.74. The van der Waals surface area contributed by atoms with Gasteiger partial charge in [0.05, 0.1) is 24.9 Å². The van der Waals surface area contributed by atoms with Gasteiger partial charge in [-0.15, -0.1) is 0 Å². The van der Waals surface area contributed by atoms with Gasteiger partial charge in [-0.3, -0.25) is 9.59 Å². The monoisotopic (exact) mass is 408 g/mol. The average molecular weight is 409 g/mol. The van der Waals surface area contributed by atoms with E-state index in [1.807, 2.05) is 18.2 Å². The minimum atomic E-state index is -0.717. The van der Waals surface area contributed by atoms with Crippen LogP contribution in [-0.2, 0) is 11.3 Å². The topological polar surface area (TPSA) is 73.0 Å². The highest BCUT2D eigenvalue weighted by Gasteiger charge is 2.25. The molecule has 0 fully saturated rings. The number of methoxy groups -OCH3 is 1. The molecule has 0 bridgehead atoms. The number of fused-ring (bicyclic) bond motifs is 1. The van der Waals surface area contributed by atoms with Gasteiger partial charge in [0.2, 0.25) is 0 Å². The number of halogens is 1. The lowest BCUT2D eigenvalue weighted by Crippen LogP contribution is -2.31. The third-order valence-electron chi connectivity index (χ3n) is 4.57. The lowest BCUT2D eigenvalue weighted by molar-refractivity contribution is -0.117. The molecule has 0 spiro atoms. The van der Waals surface area contributed by atoms with Gasteiger partial charge in [-0.1, -0.05) is 23.7 Å². The molecule has 0 saturated carbocycles. The van der Waals surface area contributed by atoms with E-state index in [0.717, 1.165) is 5.52 Å². The van der Waals surface area contributed by atoms with Crippen LogP contribution < -0.4 is 10.1 Å². The fraction of sp³-hybridized carbons (Fsp3) is 0.0909. The second kappa shape index (κ2) is 7.85. The van der Waals surface area contributed by atoms with Crippen molar-refractivity contribution in [1.29, 1.82) is 0 Å². The molecule has 0 aliphatic heterocycles. The zero-order valence-corrected chi connectivity index (χ0v) is 16.3. The Hall–Kier alpha value is -3.51. The minimum Gasteiger partial charge on any atom is -0.495 e. The number of carbonyl (C=O) groups is 2. The van der Waals surface area contributed by atoms with Gasteiger partial charge in [-0.25, -0.2) is 0 Å². The number of carbonyl (C=O) groups excluding carboxylic acids is 2. The van der Waals surface area contributed by atoms with Gasteiger partial charge in [0.1, 0.15) is 17.2 Å². The van der Waals surface area contributed by atoms with E-state index in [-0.39, 0.29) is 12.2 Å². The molecule has 1 amide bonds. The molecule has 4 rings (SSSR count). The van der Waals surface area contributed by atoms with Crippen LogP contribution in [0.5, 0.6) is 5.75 Å². The van der Waals surface area contributed by atoms with Gasteiger partial charge in [0.15, 0.2) is 0 Å². The standard InChI is InChI=1S/C22H17ClN2O4/c1-28-19-8-7-14(11-18(19)23)17-12-15-5-2-3-9-25(15)20(17)21(26)22(27)24-13-16-6-4-10-29-16/h2-12H,13H2,1H3,(H,24,27). The second-order valence-electron chi connectivity index (χ2n) is 6.34. The van der Waals surface area contributed by atoms with E-state index < -0.39 is 11.7 Å². The first kappa shape index (κ1) is 18.8. The maximum atomic E-state index is 13.1. The maximum Gasteiger partial charge on any atom is 0.294 e. The predicted octanol–water partition coefficient (Wildman–Crippen LogP) is 4.36. The Morgan fingerprint density at radius 1 is 1.14 bits per heavy atom. The van der Waals surface area contributed by atoms with Crippen molar-refractivity contribution < 1.29 is 18.7 Å². The van der Waals surface area contributed by atoms with Crippen molar-refractivity contribution in [2.45, 2.75) is 6.54 Å². The summed E-state index contributed by atoms with van der Waals surface area (Å²) in [4.78, 5) is 25.6. The molecular weight excluding hydrogens is 392 g/mol. The number of pyridine rings is 1. The number of benzene rings is 1. The highest BCUT2D eigenvalue weighted by Crippen LogP contribution is 2.33. The van der Waals surface area contributed by atoms with Gasteiger partial charge in [-0.05, 0) is 48.0 Å². The molecule has 6 nitrogen and oxygen atoms in total. The van der Waals surface area contributed by atoms with E-state index in [4.69, 9.17) is 20.8 Å². The zero-order valence-electron chi connectivity index (χ0n) is 15.5. The molecule has 29 heavy (non-hydrogen) atoms. The van der Waals surface area contributed by atoms with E-state index in [2.05, 4.69) is 5.32 Å². The van der Waals surface area contributed by atoms with Crippen molar-refractivity contribution in [3.63, 3.8) is 0 Å². The number of aromatic nitrogens is 1. The van der Waals surface area contributed by atoms with Crippen LogP contribution in [0.15, 0.2) is 71.5 Å². The zero-order chi connectivity index (χ0) is 20.4. The lowest BCUT2D eigenvalue weighted by atomic mass is 10.0. The molecule has 0 radical (unpaired) electrons. The summed E-state index contributed by atoms with van der Waals surface area (Å²) < 4.78 is 12.1. The van der Waals surface area contributed by atoms with Crippen molar-refractivity contribution >= 4 is 28.8 Å². The number of nitrogens with zero attached hydrogens (tertiary/aromatic N) is 1. The number of furan rings is 1. The Labute approximate surface area is 171 Å². The van der Waals surface area contributed by atoms with Crippen LogP contribution in [0.4, 0.5) is 0 Å². The first-order valence-corrected chi connectivity index (χ1v) is 9.25. The van der Waals surface area contributed by atoms with Gasteiger partial charge in [0, 0.05) is 17.3 Å². The van der Waals surface area contributed by atoms with Crippen molar-refractivity contribution in [3.8, 4) is 16.9 Å². The van der Waals surface area contributed by atoms with Crippen LogP contribution in [-0.4, -0.2) is 23.2 Å². The molecule has 1 N–H and O–H groups in total. The maximum absolute atomic E-state index is 13.1. The third kappa shape index (κ3) is 3.62. The number of rotatable bonds is 6. The van der Waals surface area contributed by atoms with E-state index in [0.29, 0.717) is 27.7 Å². The lowest BCUT2D eigenvalue weighted by Gasteiger charge is -2.09. The SMILES string of the molecule is COc1ccc(-c2cc3ccccn3c2C(=O)C(=O)NCc2ccco2)cc1Cl. The number of nitrogens with one attached hydrogen (secondary N) is 1. The summed E-state index contributed by atoms with van der Waals surface area (Å²) in [5, 5.41) is 3.02. The number of amides is 1. The fourth-order valence-corrected chi connectivity index (χ4v) is 3.44. The smallest absolute Gasteiger partial charge is 0.294 e. The summed E-state index contributed by atoms with van der Waals surface area (Å²) in [5.74, 6) is -0.271. The Bertz CT molecular complexity index is 1190.